The predicted molar refractivity (Wildman–Crippen MR) is 117 cm³/mol. The van der Waals surface area contributed by atoms with E-state index in [0.29, 0.717) is 0 Å². The second-order valence-corrected chi connectivity index (χ2v) is 7.47. The van der Waals surface area contributed by atoms with E-state index in [1.807, 2.05) is 12.3 Å². The number of pyridine rings is 1. The van der Waals surface area contributed by atoms with E-state index in [0.717, 1.165) is 57.2 Å². The molecule has 0 bridgehead atoms. The Labute approximate surface area is 169 Å². The molecule has 0 atom stereocenters. The number of piperidine rings is 1. The number of hydrogen-bond donors (Lipinski definition) is 0. The van der Waals surface area contributed by atoms with Crippen molar-refractivity contribution in [3.05, 3.63) is 48.4 Å². The van der Waals surface area contributed by atoms with Crippen LogP contribution in [0.5, 0.6) is 0 Å². The largest absolute Gasteiger partial charge is 0.371 e. The van der Waals surface area contributed by atoms with Crippen LogP contribution < -0.4 is 14.7 Å². The summed E-state index contributed by atoms with van der Waals surface area (Å²) in [6, 6.07) is 11.3. The molecular formula is C23H33FN4. The van der Waals surface area contributed by atoms with Crippen LogP contribution in [0.25, 0.3) is 0 Å². The Hall–Kier alpha value is -2.30. The first-order valence-corrected chi connectivity index (χ1v) is 10.7. The Morgan fingerprint density at radius 2 is 1.75 bits per heavy atom. The maximum atomic E-state index is 13.7. The van der Waals surface area contributed by atoms with Gasteiger partial charge in [-0.3, -0.25) is 0 Å². The molecule has 28 heavy (non-hydrogen) atoms. The summed E-state index contributed by atoms with van der Waals surface area (Å²) in [5.74, 6) is 0.850. The second-order valence-electron chi connectivity index (χ2n) is 7.47. The number of anilines is 3. The van der Waals surface area contributed by atoms with E-state index in [1.54, 1.807) is 12.1 Å². The molecular weight excluding hydrogens is 351 g/mol. The van der Waals surface area contributed by atoms with E-state index in [-0.39, 0.29) is 5.82 Å². The number of likely N-dealkylation sites (N-methyl/N-ethyl adjacent to an activating group) is 1. The quantitative estimate of drug-likeness (QED) is 0.610. The molecule has 0 spiro atoms. The van der Waals surface area contributed by atoms with Crippen LogP contribution >= 0.6 is 0 Å². The zero-order valence-electron chi connectivity index (χ0n) is 17.3. The fraction of sp³-hybridized carbons (Fsp3) is 0.522. The molecule has 4 nitrogen and oxygen atoms in total. The average molecular weight is 385 g/mol. The summed E-state index contributed by atoms with van der Waals surface area (Å²) in [7, 11) is 0. The lowest BCUT2D eigenvalue weighted by atomic mass is 10.1. The Kier molecular flexibility index (Phi) is 7.52. The van der Waals surface area contributed by atoms with Crippen molar-refractivity contribution in [2.45, 2.75) is 39.5 Å². The van der Waals surface area contributed by atoms with Gasteiger partial charge in [0, 0.05) is 62.9 Å². The summed E-state index contributed by atoms with van der Waals surface area (Å²) < 4.78 is 13.7. The van der Waals surface area contributed by atoms with Gasteiger partial charge < -0.3 is 14.7 Å². The summed E-state index contributed by atoms with van der Waals surface area (Å²) in [5.41, 5.74) is 2.23. The Morgan fingerprint density at radius 3 is 2.46 bits per heavy atom. The van der Waals surface area contributed by atoms with Gasteiger partial charge in [-0.05, 0) is 56.9 Å². The van der Waals surface area contributed by atoms with E-state index < -0.39 is 0 Å². The number of nitrogens with zero attached hydrogens (tertiary/aromatic N) is 4. The smallest absolute Gasteiger partial charge is 0.130 e. The first-order valence-electron chi connectivity index (χ1n) is 10.7. The summed E-state index contributed by atoms with van der Waals surface area (Å²) in [5, 5.41) is 0. The molecule has 0 radical (unpaired) electrons. The summed E-state index contributed by atoms with van der Waals surface area (Å²) in [4.78, 5) is 11.7. The topological polar surface area (TPSA) is 22.6 Å². The molecule has 0 amide bonds. The monoisotopic (exact) mass is 384 g/mol. The van der Waals surface area contributed by atoms with E-state index in [1.165, 1.54) is 31.0 Å². The summed E-state index contributed by atoms with van der Waals surface area (Å²) >= 11 is 0. The minimum atomic E-state index is -0.179. The molecule has 1 aliphatic heterocycles. The van der Waals surface area contributed by atoms with Crippen molar-refractivity contribution in [2.24, 2.45) is 0 Å². The summed E-state index contributed by atoms with van der Waals surface area (Å²) in [6.45, 7) is 10.1. The number of aromatic nitrogens is 1. The SMILES string of the molecule is CCCN(CCN(CC)c1cc(N2CCCCC2)ccn1)c1cccc(F)c1. The van der Waals surface area contributed by atoms with Gasteiger partial charge in [-0.25, -0.2) is 9.37 Å². The van der Waals surface area contributed by atoms with E-state index >= 15 is 0 Å². The molecule has 0 aliphatic carbocycles. The van der Waals surface area contributed by atoms with Gasteiger partial charge in [0.15, 0.2) is 0 Å². The first kappa shape index (κ1) is 20.4. The molecule has 2 aromatic rings. The fourth-order valence-corrected chi connectivity index (χ4v) is 3.92. The van der Waals surface area contributed by atoms with Crippen molar-refractivity contribution in [3.63, 3.8) is 0 Å². The molecule has 1 saturated heterocycles. The zero-order valence-corrected chi connectivity index (χ0v) is 17.3. The third kappa shape index (κ3) is 5.37. The van der Waals surface area contributed by atoms with Gasteiger partial charge in [0.2, 0.25) is 0 Å². The van der Waals surface area contributed by atoms with Gasteiger partial charge in [-0.2, -0.15) is 0 Å². The highest BCUT2D eigenvalue weighted by atomic mass is 19.1. The van der Waals surface area contributed by atoms with Crippen LogP contribution in [-0.2, 0) is 0 Å². The second kappa shape index (κ2) is 10.3. The third-order valence-electron chi connectivity index (χ3n) is 5.46. The third-order valence-corrected chi connectivity index (χ3v) is 5.46. The summed E-state index contributed by atoms with van der Waals surface area (Å²) in [6.07, 6.45) is 6.84. The number of rotatable bonds is 9. The Morgan fingerprint density at radius 1 is 0.964 bits per heavy atom. The fourth-order valence-electron chi connectivity index (χ4n) is 3.92. The van der Waals surface area contributed by atoms with Crippen molar-refractivity contribution < 1.29 is 4.39 Å². The van der Waals surface area contributed by atoms with Crippen molar-refractivity contribution >= 4 is 17.2 Å². The van der Waals surface area contributed by atoms with E-state index in [2.05, 4.69) is 45.7 Å². The van der Waals surface area contributed by atoms with Gasteiger partial charge in [-0.1, -0.05) is 13.0 Å². The molecule has 1 fully saturated rings. The molecule has 0 N–H and O–H groups in total. The van der Waals surface area contributed by atoms with Gasteiger partial charge in [0.05, 0.1) is 0 Å². The lowest BCUT2D eigenvalue weighted by molar-refractivity contribution is 0.577. The lowest BCUT2D eigenvalue weighted by Gasteiger charge is -2.31. The molecule has 0 saturated carbocycles. The van der Waals surface area contributed by atoms with Crippen molar-refractivity contribution in [1.82, 2.24) is 4.98 Å². The normalized spacial score (nSPS) is 14.2. The maximum Gasteiger partial charge on any atom is 0.130 e. The maximum absolute atomic E-state index is 13.7. The minimum absolute atomic E-state index is 0.179. The Bertz CT molecular complexity index is 730. The first-order chi connectivity index (χ1) is 13.7. The van der Waals surface area contributed by atoms with Crippen LogP contribution in [0.4, 0.5) is 21.6 Å². The van der Waals surface area contributed by atoms with Crippen LogP contribution in [0, 0.1) is 5.82 Å². The molecule has 1 aliphatic rings. The molecule has 0 unspecified atom stereocenters. The Balaban J connectivity index is 1.69. The molecule has 3 rings (SSSR count). The van der Waals surface area contributed by atoms with Gasteiger partial charge in [0.1, 0.15) is 11.6 Å². The van der Waals surface area contributed by atoms with Crippen LogP contribution in [0.3, 0.4) is 0 Å². The highest BCUT2D eigenvalue weighted by Crippen LogP contribution is 2.24. The lowest BCUT2D eigenvalue weighted by Crippen LogP contribution is -2.36. The van der Waals surface area contributed by atoms with Gasteiger partial charge in [0.25, 0.3) is 0 Å². The molecule has 1 aromatic carbocycles. The van der Waals surface area contributed by atoms with E-state index in [4.69, 9.17) is 0 Å². The van der Waals surface area contributed by atoms with Crippen molar-refractivity contribution in [1.29, 1.82) is 0 Å². The molecule has 2 heterocycles. The van der Waals surface area contributed by atoms with Crippen LogP contribution in [0.1, 0.15) is 39.5 Å². The van der Waals surface area contributed by atoms with Crippen molar-refractivity contribution in [3.8, 4) is 0 Å². The number of hydrogen-bond acceptors (Lipinski definition) is 4. The highest BCUT2D eigenvalue weighted by Gasteiger charge is 2.15. The predicted octanol–water partition coefficient (Wildman–Crippen LogP) is 4.95. The minimum Gasteiger partial charge on any atom is -0.371 e. The zero-order chi connectivity index (χ0) is 19.8. The van der Waals surface area contributed by atoms with Gasteiger partial charge in [-0.15, -0.1) is 0 Å². The van der Waals surface area contributed by atoms with Crippen molar-refractivity contribution in [2.75, 3.05) is 54.0 Å². The molecule has 152 valence electrons. The van der Waals surface area contributed by atoms with E-state index in [9.17, 15) is 4.39 Å². The van der Waals surface area contributed by atoms with Crippen LogP contribution in [-0.4, -0.2) is 44.3 Å². The van der Waals surface area contributed by atoms with Crippen LogP contribution in [0.15, 0.2) is 42.6 Å². The number of benzene rings is 1. The van der Waals surface area contributed by atoms with Gasteiger partial charge >= 0.3 is 0 Å². The highest BCUT2D eigenvalue weighted by molar-refractivity contribution is 5.55. The molecule has 5 heteroatoms. The standard InChI is InChI=1S/C23H33FN4/c1-3-13-27(21-10-8-9-20(24)18-21)17-16-26(4-2)23-19-22(11-12-25-23)28-14-6-5-7-15-28/h8-12,18-19H,3-7,13-17H2,1-2H3. The number of halogens is 1. The average Bonchev–Trinajstić information content (AvgIpc) is 2.74. The molecule has 1 aromatic heterocycles. The van der Waals surface area contributed by atoms with Crippen LogP contribution in [0.2, 0.25) is 0 Å².